The van der Waals surface area contributed by atoms with E-state index in [2.05, 4.69) is 24.1 Å². The lowest BCUT2D eigenvalue weighted by Crippen LogP contribution is -2.29. The summed E-state index contributed by atoms with van der Waals surface area (Å²) in [5.74, 6) is 0.965. The van der Waals surface area contributed by atoms with Crippen molar-refractivity contribution < 1.29 is 4.79 Å². The summed E-state index contributed by atoms with van der Waals surface area (Å²) in [6, 6.07) is 0.412. The molecule has 0 aliphatic carbocycles. The molecule has 1 amide bonds. The summed E-state index contributed by atoms with van der Waals surface area (Å²) in [5, 5.41) is 3.28. The molecular weight excluding hydrogens is 204 g/mol. The van der Waals surface area contributed by atoms with Crippen LogP contribution in [0.25, 0.3) is 0 Å². The lowest BCUT2D eigenvalue weighted by molar-refractivity contribution is -0.129. The molecule has 1 rings (SSSR count). The van der Waals surface area contributed by atoms with Crippen molar-refractivity contribution in [3.8, 4) is 0 Å². The zero-order valence-corrected chi connectivity index (χ0v) is 10.4. The van der Waals surface area contributed by atoms with Gasteiger partial charge in [-0.25, -0.2) is 4.98 Å². The normalized spacial score (nSPS) is 10.8. The molecule has 1 N–H and O–H groups in total. The van der Waals surface area contributed by atoms with Crippen molar-refractivity contribution in [3.63, 3.8) is 0 Å². The van der Waals surface area contributed by atoms with Crippen molar-refractivity contribution in [1.29, 1.82) is 0 Å². The van der Waals surface area contributed by atoms with Crippen molar-refractivity contribution in [2.45, 2.75) is 33.0 Å². The minimum Gasteiger partial charge on any atom is -0.347 e. The number of carbonyl (C=O) groups excluding carboxylic acids is 1. The molecule has 5 heteroatoms. The molecule has 0 aromatic carbocycles. The quantitative estimate of drug-likeness (QED) is 0.791. The van der Waals surface area contributed by atoms with E-state index < -0.39 is 0 Å². The van der Waals surface area contributed by atoms with E-state index in [1.165, 1.54) is 0 Å². The largest absolute Gasteiger partial charge is 0.347 e. The number of amides is 1. The second-order valence-corrected chi connectivity index (χ2v) is 4.30. The molecule has 1 aromatic heterocycles. The maximum absolute atomic E-state index is 11.6. The first-order chi connectivity index (χ1) is 7.50. The number of carbonyl (C=O) groups is 1. The van der Waals surface area contributed by atoms with Crippen LogP contribution in [0.2, 0.25) is 0 Å². The molecule has 90 valence electrons. The Kier molecular flexibility index (Phi) is 4.49. The first-order valence-electron chi connectivity index (χ1n) is 5.44. The Labute approximate surface area is 96.5 Å². The number of likely N-dealkylation sites (N-methyl/N-ethyl adjacent to an activating group) is 1. The van der Waals surface area contributed by atoms with Crippen LogP contribution < -0.4 is 5.32 Å². The third kappa shape index (κ3) is 3.66. The van der Waals surface area contributed by atoms with E-state index in [0.29, 0.717) is 19.1 Å². The molecule has 5 nitrogen and oxygen atoms in total. The van der Waals surface area contributed by atoms with E-state index in [4.69, 9.17) is 0 Å². The molecule has 0 atom stereocenters. The van der Waals surface area contributed by atoms with E-state index in [-0.39, 0.29) is 5.91 Å². The molecule has 0 saturated heterocycles. The Bertz CT molecular complexity index is 344. The summed E-state index contributed by atoms with van der Waals surface area (Å²) in [7, 11) is 3.51. The van der Waals surface area contributed by atoms with Gasteiger partial charge in [0.05, 0.1) is 6.54 Å². The Hall–Kier alpha value is -1.36. The third-order valence-electron chi connectivity index (χ3n) is 2.27. The molecule has 0 spiro atoms. The molecule has 0 saturated carbocycles. The van der Waals surface area contributed by atoms with Crippen LogP contribution in [0.5, 0.6) is 0 Å². The van der Waals surface area contributed by atoms with E-state index in [0.717, 1.165) is 5.82 Å². The van der Waals surface area contributed by atoms with Crippen LogP contribution in [0.3, 0.4) is 0 Å². The lowest BCUT2D eigenvalue weighted by Gasteiger charge is -2.13. The third-order valence-corrected chi connectivity index (χ3v) is 2.27. The first kappa shape index (κ1) is 12.7. The summed E-state index contributed by atoms with van der Waals surface area (Å²) in [5.41, 5.74) is 0. The van der Waals surface area contributed by atoms with Crippen LogP contribution in [-0.4, -0.2) is 40.5 Å². The monoisotopic (exact) mass is 224 g/mol. The van der Waals surface area contributed by atoms with Gasteiger partial charge >= 0.3 is 0 Å². The van der Waals surface area contributed by atoms with E-state index in [9.17, 15) is 4.79 Å². The van der Waals surface area contributed by atoms with Crippen molar-refractivity contribution in [2.75, 3.05) is 14.1 Å². The molecule has 0 aliphatic heterocycles. The molecule has 16 heavy (non-hydrogen) atoms. The fraction of sp³-hybridized carbons (Fsp3) is 0.636. The maximum Gasteiger partial charge on any atom is 0.242 e. The van der Waals surface area contributed by atoms with Gasteiger partial charge in [0, 0.05) is 32.5 Å². The van der Waals surface area contributed by atoms with Gasteiger partial charge in [-0.1, -0.05) is 13.8 Å². The molecule has 0 bridgehead atoms. The molecular formula is C11H20N4O. The average molecular weight is 224 g/mol. The van der Waals surface area contributed by atoms with Crippen LogP contribution in [0.15, 0.2) is 12.4 Å². The number of rotatable bonds is 5. The van der Waals surface area contributed by atoms with Crippen LogP contribution >= 0.6 is 0 Å². The van der Waals surface area contributed by atoms with Crippen molar-refractivity contribution in [2.24, 2.45) is 0 Å². The Balaban J connectivity index is 2.60. The SMILES string of the molecule is CC(C)NCc1nccn1CC(=O)N(C)C. The lowest BCUT2D eigenvalue weighted by atomic mass is 10.4. The molecule has 0 radical (unpaired) electrons. The molecule has 0 unspecified atom stereocenters. The molecule has 1 heterocycles. The van der Waals surface area contributed by atoms with E-state index in [1.54, 1.807) is 25.2 Å². The maximum atomic E-state index is 11.6. The number of nitrogens with one attached hydrogen (secondary N) is 1. The van der Waals surface area contributed by atoms with E-state index in [1.807, 2.05) is 10.8 Å². The van der Waals surface area contributed by atoms with Gasteiger partial charge < -0.3 is 14.8 Å². The standard InChI is InChI=1S/C11H20N4O/c1-9(2)13-7-10-12-5-6-15(10)8-11(16)14(3)4/h5-6,9,13H,7-8H2,1-4H3. The van der Waals surface area contributed by atoms with Gasteiger partial charge in [-0.3, -0.25) is 4.79 Å². The highest BCUT2D eigenvalue weighted by molar-refractivity contribution is 5.75. The Morgan fingerprint density at radius 2 is 2.25 bits per heavy atom. The highest BCUT2D eigenvalue weighted by atomic mass is 16.2. The van der Waals surface area contributed by atoms with Gasteiger partial charge in [0.2, 0.25) is 5.91 Å². The van der Waals surface area contributed by atoms with Gasteiger partial charge in [0.1, 0.15) is 12.4 Å². The second kappa shape index (κ2) is 5.65. The Morgan fingerprint density at radius 1 is 1.56 bits per heavy atom. The van der Waals surface area contributed by atoms with Crippen LogP contribution in [0, 0.1) is 0 Å². The second-order valence-electron chi connectivity index (χ2n) is 4.30. The van der Waals surface area contributed by atoms with Crippen LogP contribution in [0.4, 0.5) is 0 Å². The van der Waals surface area contributed by atoms with Gasteiger partial charge in [-0.15, -0.1) is 0 Å². The first-order valence-corrected chi connectivity index (χ1v) is 5.44. The smallest absolute Gasteiger partial charge is 0.242 e. The van der Waals surface area contributed by atoms with Crippen LogP contribution in [0.1, 0.15) is 19.7 Å². The predicted octanol–water partition coefficient (Wildman–Crippen LogP) is 0.469. The van der Waals surface area contributed by atoms with Gasteiger partial charge in [-0.2, -0.15) is 0 Å². The number of aromatic nitrogens is 2. The van der Waals surface area contributed by atoms with Gasteiger partial charge in [0.15, 0.2) is 0 Å². The fourth-order valence-electron chi connectivity index (χ4n) is 1.23. The highest BCUT2D eigenvalue weighted by Crippen LogP contribution is 1.99. The topological polar surface area (TPSA) is 50.2 Å². The Morgan fingerprint density at radius 3 is 2.81 bits per heavy atom. The number of nitrogens with zero attached hydrogens (tertiary/aromatic N) is 3. The average Bonchev–Trinajstić information content (AvgIpc) is 2.62. The van der Waals surface area contributed by atoms with E-state index >= 15 is 0 Å². The summed E-state index contributed by atoms with van der Waals surface area (Å²) < 4.78 is 1.87. The molecule has 0 fully saturated rings. The summed E-state index contributed by atoms with van der Waals surface area (Å²) in [6.45, 7) is 5.20. The van der Waals surface area contributed by atoms with Gasteiger partial charge in [0.25, 0.3) is 0 Å². The summed E-state index contributed by atoms with van der Waals surface area (Å²) >= 11 is 0. The minimum absolute atomic E-state index is 0.0730. The van der Waals surface area contributed by atoms with Crippen molar-refractivity contribution in [3.05, 3.63) is 18.2 Å². The highest BCUT2D eigenvalue weighted by Gasteiger charge is 2.09. The number of hydrogen-bond acceptors (Lipinski definition) is 3. The summed E-state index contributed by atoms with van der Waals surface area (Å²) in [6.07, 6.45) is 3.55. The molecule has 1 aromatic rings. The fourth-order valence-corrected chi connectivity index (χ4v) is 1.23. The predicted molar refractivity (Wildman–Crippen MR) is 62.9 cm³/mol. The number of hydrogen-bond donors (Lipinski definition) is 1. The van der Waals surface area contributed by atoms with Crippen LogP contribution in [-0.2, 0) is 17.9 Å². The molecule has 0 aliphatic rings. The van der Waals surface area contributed by atoms with Gasteiger partial charge in [-0.05, 0) is 0 Å². The summed E-state index contributed by atoms with van der Waals surface area (Å²) in [4.78, 5) is 17.4. The zero-order valence-electron chi connectivity index (χ0n) is 10.4. The van der Waals surface area contributed by atoms with Crippen molar-refractivity contribution in [1.82, 2.24) is 19.8 Å². The minimum atomic E-state index is 0.0730. The van der Waals surface area contributed by atoms with Crippen molar-refractivity contribution >= 4 is 5.91 Å². The number of imidazole rings is 1. The zero-order chi connectivity index (χ0) is 12.1.